The van der Waals surface area contributed by atoms with Crippen molar-refractivity contribution in [1.29, 1.82) is 0 Å². The van der Waals surface area contributed by atoms with Gasteiger partial charge in [-0.15, -0.1) is 0 Å². The highest BCUT2D eigenvalue weighted by Crippen LogP contribution is 2.40. The normalized spacial score (nSPS) is 20.9. The number of benzene rings is 1. The maximum Gasteiger partial charge on any atom is 0.304 e. The van der Waals surface area contributed by atoms with Crippen LogP contribution in [0.1, 0.15) is 18.4 Å². The Morgan fingerprint density at radius 3 is 2.70 bits per heavy atom. The van der Waals surface area contributed by atoms with Crippen molar-refractivity contribution in [2.24, 2.45) is 0 Å². The molecule has 0 spiro atoms. The van der Waals surface area contributed by atoms with E-state index in [4.69, 9.17) is 9.47 Å². The Kier molecular flexibility index (Phi) is 5.00. The SMILES string of the molecule is COCCN1C(=O)C[C@](CC(=O)O)(c2cccc(OC)c2)C1=O. The zero-order valence-electron chi connectivity index (χ0n) is 13.1. The number of imide groups is 1. The van der Waals surface area contributed by atoms with Crippen molar-refractivity contribution in [3.8, 4) is 5.75 Å². The second-order valence-electron chi connectivity index (χ2n) is 5.40. The molecule has 1 aromatic rings. The molecule has 1 atom stereocenters. The number of nitrogens with zero attached hydrogens (tertiary/aromatic N) is 1. The van der Waals surface area contributed by atoms with Crippen molar-refractivity contribution in [3.63, 3.8) is 0 Å². The van der Waals surface area contributed by atoms with Gasteiger partial charge >= 0.3 is 5.97 Å². The molecule has 0 saturated carbocycles. The van der Waals surface area contributed by atoms with E-state index in [1.54, 1.807) is 24.3 Å². The number of hydrogen-bond acceptors (Lipinski definition) is 5. The fourth-order valence-electron chi connectivity index (χ4n) is 2.85. The summed E-state index contributed by atoms with van der Waals surface area (Å²) in [5.74, 6) is -1.53. The van der Waals surface area contributed by atoms with Gasteiger partial charge < -0.3 is 14.6 Å². The smallest absolute Gasteiger partial charge is 0.304 e. The number of methoxy groups -OCH3 is 2. The minimum absolute atomic E-state index is 0.111. The monoisotopic (exact) mass is 321 g/mol. The van der Waals surface area contributed by atoms with E-state index in [-0.39, 0.29) is 19.6 Å². The molecule has 1 aliphatic heterocycles. The van der Waals surface area contributed by atoms with Gasteiger partial charge in [0.15, 0.2) is 0 Å². The number of hydrogen-bond donors (Lipinski definition) is 1. The van der Waals surface area contributed by atoms with E-state index in [9.17, 15) is 19.5 Å². The van der Waals surface area contributed by atoms with Gasteiger partial charge in [0.25, 0.3) is 0 Å². The number of rotatable bonds is 7. The Morgan fingerprint density at radius 1 is 1.35 bits per heavy atom. The zero-order chi connectivity index (χ0) is 17.0. The Hall–Kier alpha value is -2.41. The van der Waals surface area contributed by atoms with E-state index in [1.165, 1.54) is 14.2 Å². The molecule has 1 heterocycles. The van der Waals surface area contributed by atoms with Crippen LogP contribution in [0.25, 0.3) is 0 Å². The van der Waals surface area contributed by atoms with Gasteiger partial charge in [0.05, 0.1) is 32.1 Å². The van der Waals surface area contributed by atoms with Gasteiger partial charge in [0.1, 0.15) is 5.75 Å². The summed E-state index contributed by atoms with van der Waals surface area (Å²) < 4.78 is 10.1. The summed E-state index contributed by atoms with van der Waals surface area (Å²) in [5, 5.41) is 9.26. The molecule has 1 aromatic carbocycles. The van der Waals surface area contributed by atoms with Crippen molar-refractivity contribution in [2.45, 2.75) is 18.3 Å². The number of carboxylic acid groups (broad SMARTS) is 1. The summed E-state index contributed by atoms with van der Waals surface area (Å²) in [4.78, 5) is 37.5. The molecule has 0 bridgehead atoms. The molecule has 7 heteroatoms. The van der Waals surface area contributed by atoms with Gasteiger partial charge in [0.2, 0.25) is 11.8 Å². The highest BCUT2D eigenvalue weighted by Gasteiger charge is 2.53. The summed E-state index contributed by atoms with van der Waals surface area (Å²) in [6, 6.07) is 6.62. The molecule has 2 rings (SSSR count). The van der Waals surface area contributed by atoms with Crippen LogP contribution in [0.5, 0.6) is 5.75 Å². The number of carbonyl (C=O) groups excluding carboxylic acids is 2. The number of ether oxygens (including phenoxy) is 2. The van der Waals surface area contributed by atoms with Crippen LogP contribution < -0.4 is 4.74 Å². The van der Waals surface area contributed by atoms with E-state index in [1.807, 2.05) is 0 Å². The molecule has 1 fully saturated rings. The van der Waals surface area contributed by atoms with E-state index < -0.39 is 29.6 Å². The number of carbonyl (C=O) groups is 3. The molecular weight excluding hydrogens is 302 g/mol. The van der Waals surface area contributed by atoms with Crippen LogP contribution in [0.2, 0.25) is 0 Å². The van der Waals surface area contributed by atoms with Crippen molar-refractivity contribution >= 4 is 17.8 Å². The van der Waals surface area contributed by atoms with Gasteiger partial charge in [0, 0.05) is 13.5 Å². The second kappa shape index (κ2) is 6.78. The van der Waals surface area contributed by atoms with E-state index in [0.29, 0.717) is 11.3 Å². The number of carboxylic acids is 1. The fourth-order valence-corrected chi connectivity index (χ4v) is 2.85. The highest BCUT2D eigenvalue weighted by molar-refractivity contribution is 6.10. The summed E-state index contributed by atoms with van der Waals surface area (Å²) in [7, 11) is 2.95. The summed E-state index contributed by atoms with van der Waals surface area (Å²) in [5.41, 5.74) is -0.928. The van der Waals surface area contributed by atoms with Crippen LogP contribution in [-0.2, 0) is 24.5 Å². The van der Waals surface area contributed by atoms with Crippen LogP contribution in [0, 0.1) is 0 Å². The standard InChI is InChI=1S/C16H19NO6/c1-22-7-6-17-13(18)9-16(15(17)21,10-14(19)20)11-4-3-5-12(8-11)23-2/h3-5,8H,6-7,9-10H2,1-2H3,(H,19,20)/t16-/m0/s1. The lowest BCUT2D eigenvalue weighted by Gasteiger charge is -2.26. The van der Waals surface area contributed by atoms with Crippen LogP contribution in [0.3, 0.4) is 0 Å². The minimum atomic E-state index is -1.40. The van der Waals surface area contributed by atoms with Crippen molar-refractivity contribution in [3.05, 3.63) is 29.8 Å². The lowest BCUT2D eigenvalue weighted by molar-refractivity contribution is -0.145. The largest absolute Gasteiger partial charge is 0.497 e. The second-order valence-corrected chi connectivity index (χ2v) is 5.40. The predicted octanol–water partition coefficient (Wildman–Crippen LogP) is 0.813. The van der Waals surface area contributed by atoms with Crippen molar-refractivity contribution in [2.75, 3.05) is 27.4 Å². The molecule has 1 saturated heterocycles. The van der Waals surface area contributed by atoms with Crippen molar-refractivity contribution in [1.82, 2.24) is 4.90 Å². The average Bonchev–Trinajstić information content (AvgIpc) is 2.76. The van der Waals surface area contributed by atoms with Crippen LogP contribution in [-0.4, -0.2) is 55.2 Å². The third-order valence-corrected chi connectivity index (χ3v) is 4.00. The van der Waals surface area contributed by atoms with Crippen LogP contribution in [0.15, 0.2) is 24.3 Å². The highest BCUT2D eigenvalue weighted by atomic mass is 16.5. The van der Waals surface area contributed by atoms with Gasteiger partial charge in [-0.1, -0.05) is 12.1 Å². The van der Waals surface area contributed by atoms with E-state index in [2.05, 4.69) is 0 Å². The molecule has 1 aliphatic rings. The third-order valence-electron chi connectivity index (χ3n) is 4.00. The molecular formula is C16H19NO6. The third kappa shape index (κ3) is 3.19. The molecule has 2 amide bonds. The van der Waals surface area contributed by atoms with E-state index in [0.717, 1.165) is 4.90 Å². The fraction of sp³-hybridized carbons (Fsp3) is 0.438. The molecule has 0 aromatic heterocycles. The molecule has 23 heavy (non-hydrogen) atoms. The molecule has 0 unspecified atom stereocenters. The maximum atomic E-state index is 12.8. The first-order chi connectivity index (χ1) is 10.9. The first-order valence-corrected chi connectivity index (χ1v) is 7.14. The van der Waals surface area contributed by atoms with Crippen LogP contribution >= 0.6 is 0 Å². The first kappa shape index (κ1) is 17.0. The minimum Gasteiger partial charge on any atom is -0.497 e. The Bertz CT molecular complexity index is 629. The predicted molar refractivity (Wildman–Crippen MR) is 80.1 cm³/mol. The number of aliphatic carboxylic acids is 1. The summed E-state index contributed by atoms with van der Waals surface area (Å²) in [6.07, 6.45) is -0.622. The Morgan fingerprint density at radius 2 is 2.09 bits per heavy atom. The lowest BCUT2D eigenvalue weighted by Crippen LogP contribution is -2.41. The topological polar surface area (TPSA) is 93.1 Å². The number of likely N-dealkylation sites (tertiary alicyclic amines) is 1. The molecule has 124 valence electrons. The lowest BCUT2D eigenvalue weighted by atomic mass is 9.76. The van der Waals surface area contributed by atoms with Crippen molar-refractivity contribution < 1.29 is 29.0 Å². The summed E-state index contributed by atoms with van der Waals surface area (Å²) >= 11 is 0. The molecule has 0 aliphatic carbocycles. The first-order valence-electron chi connectivity index (χ1n) is 7.14. The maximum absolute atomic E-state index is 12.8. The summed E-state index contributed by atoms with van der Waals surface area (Å²) in [6.45, 7) is 0.318. The van der Waals surface area contributed by atoms with Gasteiger partial charge in [-0.3, -0.25) is 19.3 Å². The van der Waals surface area contributed by atoms with Gasteiger partial charge in [-0.05, 0) is 17.7 Å². The Balaban J connectivity index is 2.46. The molecule has 7 nitrogen and oxygen atoms in total. The molecule has 1 N–H and O–H groups in total. The van der Waals surface area contributed by atoms with E-state index >= 15 is 0 Å². The van der Waals surface area contributed by atoms with Gasteiger partial charge in [-0.25, -0.2) is 0 Å². The van der Waals surface area contributed by atoms with Crippen LogP contribution in [0.4, 0.5) is 0 Å². The Labute approximate surface area is 133 Å². The van der Waals surface area contributed by atoms with Gasteiger partial charge in [-0.2, -0.15) is 0 Å². The molecule has 0 radical (unpaired) electrons. The average molecular weight is 321 g/mol. The number of amides is 2. The zero-order valence-corrected chi connectivity index (χ0v) is 13.1. The quantitative estimate of drug-likeness (QED) is 0.747.